The molecule has 130 valence electrons. The van der Waals surface area contributed by atoms with E-state index < -0.39 is 0 Å². The van der Waals surface area contributed by atoms with Gasteiger partial charge in [0.05, 0.1) is 6.20 Å². The van der Waals surface area contributed by atoms with Crippen LogP contribution in [-0.4, -0.2) is 70.9 Å². The van der Waals surface area contributed by atoms with Gasteiger partial charge in [-0.2, -0.15) is 0 Å². The molecule has 0 spiro atoms. The number of fused-ring (bicyclic) bond motifs is 1. The van der Waals surface area contributed by atoms with E-state index in [-0.39, 0.29) is 6.73 Å². The van der Waals surface area contributed by atoms with Crippen molar-refractivity contribution in [3.63, 3.8) is 0 Å². The Balaban J connectivity index is 1.71. The van der Waals surface area contributed by atoms with Crippen LogP contribution in [0, 0.1) is 0 Å². The second-order valence-electron chi connectivity index (χ2n) is 6.91. The van der Waals surface area contributed by atoms with Gasteiger partial charge in [-0.1, -0.05) is 0 Å². The minimum atomic E-state index is -0.0516. The Bertz CT molecular complexity index is 700. The zero-order valence-corrected chi connectivity index (χ0v) is 14.3. The van der Waals surface area contributed by atoms with Crippen molar-refractivity contribution in [2.75, 3.05) is 51.2 Å². The SMILES string of the molecule is CN1CCN(c2cnc3c(n2)c(C2CCNCC2)cn3CO)CC1. The van der Waals surface area contributed by atoms with Crippen molar-refractivity contribution < 1.29 is 5.11 Å². The lowest BCUT2D eigenvalue weighted by molar-refractivity contribution is 0.214. The maximum atomic E-state index is 9.66. The van der Waals surface area contributed by atoms with Crippen molar-refractivity contribution in [1.29, 1.82) is 0 Å². The predicted octanol–water partition coefficient (Wildman–Crippen LogP) is 0.600. The fourth-order valence-corrected chi connectivity index (χ4v) is 3.79. The molecule has 2 aromatic rings. The number of aromatic nitrogens is 3. The molecule has 7 nitrogen and oxygen atoms in total. The third-order valence-corrected chi connectivity index (χ3v) is 5.34. The Morgan fingerprint density at radius 3 is 2.67 bits per heavy atom. The van der Waals surface area contributed by atoms with E-state index in [1.807, 2.05) is 10.8 Å². The lowest BCUT2D eigenvalue weighted by Gasteiger charge is -2.33. The summed E-state index contributed by atoms with van der Waals surface area (Å²) in [6, 6.07) is 0. The van der Waals surface area contributed by atoms with Crippen molar-refractivity contribution >= 4 is 17.0 Å². The highest BCUT2D eigenvalue weighted by molar-refractivity contribution is 5.78. The van der Waals surface area contributed by atoms with Gasteiger partial charge in [-0.3, -0.25) is 0 Å². The van der Waals surface area contributed by atoms with Gasteiger partial charge in [0.1, 0.15) is 18.1 Å². The Morgan fingerprint density at radius 2 is 1.96 bits per heavy atom. The summed E-state index contributed by atoms with van der Waals surface area (Å²) < 4.78 is 1.81. The van der Waals surface area contributed by atoms with E-state index in [4.69, 9.17) is 4.98 Å². The lowest BCUT2D eigenvalue weighted by Crippen LogP contribution is -2.44. The molecule has 2 saturated heterocycles. The van der Waals surface area contributed by atoms with Crippen LogP contribution in [0.25, 0.3) is 11.2 Å². The van der Waals surface area contributed by atoms with Gasteiger partial charge in [0, 0.05) is 37.9 Å². The number of nitrogens with one attached hydrogen (secondary N) is 1. The van der Waals surface area contributed by atoms with E-state index >= 15 is 0 Å². The first-order chi connectivity index (χ1) is 11.8. The Labute approximate surface area is 142 Å². The summed E-state index contributed by atoms with van der Waals surface area (Å²) >= 11 is 0. The number of piperidine rings is 1. The highest BCUT2D eigenvalue weighted by atomic mass is 16.3. The summed E-state index contributed by atoms with van der Waals surface area (Å²) in [6.07, 6.45) is 6.14. The Morgan fingerprint density at radius 1 is 1.21 bits per heavy atom. The van der Waals surface area contributed by atoms with Crippen molar-refractivity contribution in [3.05, 3.63) is 18.0 Å². The number of hydrogen-bond acceptors (Lipinski definition) is 6. The van der Waals surface area contributed by atoms with Crippen LogP contribution in [-0.2, 0) is 6.73 Å². The Hall–Kier alpha value is -1.70. The van der Waals surface area contributed by atoms with Crippen LogP contribution in [0.15, 0.2) is 12.4 Å². The highest BCUT2D eigenvalue weighted by Crippen LogP contribution is 2.32. The van der Waals surface area contributed by atoms with Crippen LogP contribution < -0.4 is 10.2 Å². The molecular formula is C17H26N6O. The number of aliphatic hydroxyl groups is 1. The van der Waals surface area contributed by atoms with Gasteiger partial charge in [-0.15, -0.1) is 0 Å². The molecule has 0 amide bonds. The van der Waals surface area contributed by atoms with Gasteiger partial charge in [0.15, 0.2) is 5.65 Å². The molecule has 7 heteroatoms. The molecule has 2 fully saturated rings. The molecular weight excluding hydrogens is 304 g/mol. The zero-order valence-electron chi connectivity index (χ0n) is 14.3. The minimum absolute atomic E-state index is 0.0516. The third kappa shape index (κ3) is 2.87. The average Bonchev–Trinajstić information content (AvgIpc) is 3.01. The Kier molecular flexibility index (Phi) is 4.39. The van der Waals surface area contributed by atoms with Gasteiger partial charge in [0.25, 0.3) is 0 Å². The van der Waals surface area contributed by atoms with Crippen LogP contribution in [0.2, 0.25) is 0 Å². The molecule has 4 rings (SSSR count). The highest BCUT2D eigenvalue weighted by Gasteiger charge is 2.23. The van der Waals surface area contributed by atoms with Crippen LogP contribution in [0.4, 0.5) is 5.82 Å². The van der Waals surface area contributed by atoms with Crippen molar-refractivity contribution in [2.24, 2.45) is 0 Å². The second-order valence-corrected chi connectivity index (χ2v) is 6.91. The van der Waals surface area contributed by atoms with Crippen molar-refractivity contribution in [1.82, 2.24) is 24.8 Å². The molecule has 2 aliphatic heterocycles. The van der Waals surface area contributed by atoms with E-state index in [0.717, 1.165) is 69.1 Å². The maximum Gasteiger partial charge on any atom is 0.161 e. The van der Waals surface area contributed by atoms with Crippen molar-refractivity contribution in [3.8, 4) is 0 Å². The van der Waals surface area contributed by atoms with E-state index in [1.54, 1.807) is 0 Å². The topological polar surface area (TPSA) is 69.5 Å². The molecule has 4 heterocycles. The van der Waals surface area contributed by atoms with E-state index in [2.05, 4.69) is 33.3 Å². The first kappa shape index (κ1) is 15.8. The number of rotatable bonds is 3. The summed E-state index contributed by atoms with van der Waals surface area (Å²) in [5.74, 6) is 1.46. The number of anilines is 1. The first-order valence-electron chi connectivity index (χ1n) is 8.87. The lowest BCUT2D eigenvalue weighted by atomic mass is 9.91. The van der Waals surface area contributed by atoms with Gasteiger partial charge >= 0.3 is 0 Å². The molecule has 0 unspecified atom stereocenters. The third-order valence-electron chi connectivity index (χ3n) is 5.34. The number of nitrogens with zero attached hydrogens (tertiary/aromatic N) is 5. The quantitative estimate of drug-likeness (QED) is 0.859. The number of hydrogen-bond donors (Lipinski definition) is 2. The molecule has 0 atom stereocenters. The number of likely N-dealkylation sites (N-methyl/N-ethyl adjacent to an activating group) is 1. The molecule has 0 radical (unpaired) electrons. The number of piperazine rings is 1. The summed E-state index contributed by atoms with van der Waals surface area (Å²) in [6.45, 7) is 6.12. The number of aliphatic hydroxyl groups excluding tert-OH is 1. The summed E-state index contributed by atoms with van der Waals surface area (Å²) in [4.78, 5) is 14.2. The molecule has 2 aromatic heterocycles. The molecule has 24 heavy (non-hydrogen) atoms. The fourth-order valence-electron chi connectivity index (χ4n) is 3.79. The predicted molar refractivity (Wildman–Crippen MR) is 94.3 cm³/mol. The smallest absolute Gasteiger partial charge is 0.161 e. The van der Waals surface area contributed by atoms with Crippen molar-refractivity contribution in [2.45, 2.75) is 25.5 Å². The van der Waals surface area contributed by atoms with Crippen LogP contribution in [0.3, 0.4) is 0 Å². The minimum Gasteiger partial charge on any atom is -0.376 e. The van der Waals surface area contributed by atoms with Crippen LogP contribution in [0.1, 0.15) is 24.3 Å². The fraction of sp³-hybridized carbons (Fsp3) is 0.647. The van der Waals surface area contributed by atoms with Gasteiger partial charge in [-0.25, -0.2) is 9.97 Å². The molecule has 2 aliphatic rings. The van der Waals surface area contributed by atoms with Gasteiger partial charge in [-0.05, 0) is 38.9 Å². The second kappa shape index (κ2) is 6.66. The van der Waals surface area contributed by atoms with E-state index in [9.17, 15) is 5.11 Å². The maximum absolute atomic E-state index is 9.66. The van der Waals surface area contributed by atoms with E-state index in [1.165, 1.54) is 5.56 Å². The van der Waals surface area contributed by atoms with Gasteiger partial charge in [0.2, 0.25) is 0 Å². The molecule has 0 bridgehead atoms. The standard InChI is InChI=1S/C17H26N6O/c1-21-6-8-22(9-7-21)15-10-19-17-16(20-15)14(11-23(17)12-24)13-2-4-18-5-3-13/h10-11,13,18,24H,2-9,12H2,1H3. The first-order valence-corrected chi connectivity index (χ1v) is 8.87. The molecule has 2 N–H and O–H groups in total. The van der Waals surface area contributed by atoms with Gasteiger partial charge < -0.3 is 24.8 Å². The van der Waals surface area contributed by atoms with Crippen LogP contribution in [0.5, 0.6) is 0 Å². The normalized spacial score (nSPS) is 20.8. The summed E-state index contributed by atoms with van der Waals surface area (Å²) in [7, 11) is 2.16. The zero-order chi connectivity index (χ0) is 16.5. The molecule has 0 aliphatic carbocycles. The monoisotopic (exact) mass is 330 g/mol. The van der Waals surface area contributed by atoms with Crippen LogP contribution >= 0.6 is 0 Å². The largest absolute Gasteiger partial charge is 0.376 e. The average molecular weight is 330 g/mol. The molecule has 0 saturated carbocycles. The summed E-state index contributed by atoms with van der Waals surface area (Å²) in [5, 5.41) is 13.1. The molecule has 0 aromatic carbocycles. The summed E-state index contributed by atoms with van der Waals surface area (Å²) in [5.41, 5.74) is 3.00. The van der Waals surface area contributed by atoms with E-state index in [0.29, 0.717) is 5.92 Å².